The second-order valence-corrected chi connectivity index (χ2v) is 7.17. The van der Waals surface area contributed by atoms with Gasteiger partial charge in [0, 0.05) is 24.0 Å². The highest BCUT2D eigenvalue weighted by molar-refractivity contribution is 5.93. The largest absolute Gasteiger partial charge is 0.393 e. The molecule has 1 atom stereocenters. The van der Waals surface area contributed by atoms with E-state index in [4.69, 9.17) is 4.52 Å². The lowest BCUT2D eigenvalue weighted by Crippen LogP contribution is -2.48. The minimum absolute atomic E-state index is 0.0253. The van der Waals surface area contributed by atoms with E-state index in [-0.39, 0.29) is 24.0 Å². The molecular formula is C19H23N3O3. The van der Waals surface area contributed by atoms with E-state index in [2.05, 4.69) is 15.5 Å². The average molecular weight is 341 g/mol. The topological polar surface area (TPSA) is 88.2 Å². The smallest absolute Gasteiger partial charge is 0.290 e. The Kier molecular flexibility index (Phi) is 4.53. The fourth-order valence-electron chi connectivity index (χ4n) is 3.87. The molecule has 1 saturated carbocycles. The van der Waals surface area contributed by atoms with Crippen molar-refractivity contribution in [2.24, 2.45) is 5.92 Å². The quantitative estimate of drug-likeness (QED) is 0.869. The Bertz CT molecular complexity index is 738. The van der Waals surface area contributed by atoms with Crippen LogP contribution in [-0.2, 0) is 19.3 Å². The number of aliphatic hydroxyl groups excluding tert-OH is 1. The fraction of sp³-hybridized carbons (Fsp3) is 0.526. The molecule has 0 radical (unpaired) electrons. The van der Waals surface area contributed by atoms with Crippen LogP contribution in [0.15, 0.2) is 29.0 Å². The van der Waals surface area contributed by atoms with Crippen molar-refractivity contribution in [1.29, 1.82) is 0 Å². The molecule has 0 unspecified atom stereocenters. The average Bonchev–Trinajstić information content (AvgIpc) is 3.03. The van der Waals surface area contributed by atoms with Crippen LogP contribution in [0.3, 0.4) is 0 Å². The van der Waals surface area contributed by atoms with Crippen LogP contribution in [0.4, 0.5) is 0 Å². The van der Waals surface area contributed by atoms with E-state index in [1.807, 2.05) is 12.1 Å². The molecule has 6 heteroatoms. The van der Waals surface area contributed by atoms with E-state index in [0.717, 1.165) is 61.8 Å². The van der Waals surface area contributed by atoms with Crippen molar-refractivity contribution in [2.45, 2.75) is 57.1 Å². The SMILES string of the molecule is O=C(N[C@H](Cc1ccncc1)C1CC(O)C1)c1onc2c1CCCC2. The Morgan fingerprint density at radius 3 is 2.80 bits per heavy atom. The Morgan fingerprint density at radius 2 is 2.04 bits per heavy atom. The molecular weight excluding hydrogens is 318 g/mol. The summed E-state index contributed by atoms with van der Waals surface area (Å²) in [6.07, 6.45) is 9.37. The van der Waals surface area contributed by atoms with Gasteiger partial charge in [0.1, 0.15) is 0 Å². The predicted molar refractivity (Wildman–Crippen MR) is 91.1 cm³/mol. The zero-order valence-corrected chi connectivity index (χ0v) is 14.1. The molecule has 1 amide bonds. The maximum Gasteiger partial charge on any atom is 0.290 e. The first-order chi connectivity index (χ1) is 12.2. The number of pyridine rings is 1. The van der Waals surface area contributed by atoms with Gasteiger partial charge in [-0.2, -0.15) is 0 Å². The number of rotatable bonds is 5. The number of hydrogen-bond donors (Lipinski definition) is 2. The summed E-state index contributed by atoms with van der Waals surface area (Å²) in [5.74, 6) is 0.469. The van der Waals surface area contributed by atoms with Crippen LogP contribution < -0.4 is 5.32 Å². The highest BCUT2D eigenvalue weighted by Crippen LogP contribution is 2.32. The maximum absolute atomic E-state index is 12.8. The number of nitrogens with one attached hydrogen (secondary N) is 1. The molecule has 2 aliphatic carbocycles. The Balaban J connectivity index is 1.50. The van der Waals surface area contributed by atoms with Gasteiger partial charge < -0.3 is 14.9 Å². The lowest BCUT2D eigenvalue weighted by atomic mass is 9.75. The summed E-state index contributed by atoms with van der Waals surface area (Å²) in [4.78, 5) is 16.8. The van der Waals surface area contributed by atoms with Crippen LogP contribution in [0.2, 0.25) is 0 Å². The number of aryl methyl sites for hydroxylation is 1. The standard InChI is InChI=1S/C19H23N3O3/c23-14-10-13(11-14)17(9-12-5-7-20-8-6-12)21-19(24)18-15-3-1-2-4-16(15)22-25-18/h5-8,13-14,17,23H,1-4,9-11H2,(H,21,24)/t13?,14?,17-/m1/s1. The van der Waals surface area contributed by atoms with Gasteiger partial charge in [-0.25, -0.2) is 0 Å². The Morgan fingerprint density at radius 1 is 1.28 bits per heavy atom. The van der Waals surface area contributed by atoms with Gasteiger partial charge in [-0.3, -0.25) is 9.78 Å². The molecule has 0 bridgehead atoms. The zero-order chi connectivity index (χ0) is 17.2. The molecule has 0 saturated heterocycles. The molecule has 2 aromatic rings. The summed E-state index contributed by atoms with van der Waals surface area (Å²) in [6, 6.07) is 3.90. The first kappa shape index (κ1) is 16.3. The van der Waals surface area contributed by atoms with Crippen molar-refractivity contribution in [1.82, 2.24) is 15.5 Å². The summed E-state index contributed by atoms with van der Waals surface area (Å²) < 4.78 is 5.36. The predicted octanol–water partition coefficient (Wildman–Crippen LogP) is 2.06. The number of carbonyl (C=O) groups is 1. The number of hydrogen-bond acceptors (Lipinski definition) is 5. The van der Waals surface area contributed by atoms with Crippen LogP contribution in [0.1, 0.15) is 53.1 Å². The van der Waals surface area contributed by atoms with Crippen molar-refractivity contribution < 1.29 is 14.4 Å². The first-order valence-corrected chi connectivity index (χ1v) is 9.06. The third-order valence-corrected chi connectivity index (χ3v) is 5.41. The lowest BCUT2D eigenvalue weighted by Gasteiger charge is -2.38. The number of aromatic nitrogens is 2. The van der Waals surface area contributed by atoms with Crippen molar-refractivity contribution in [2.75, 3.05) is 0 Å². The summed E-state index contributed by atoms with van der Waals surface area (Å²) in [7, 11) is 0. The fourth-order valence-corrected chi connectivity index (χ4v) is 3.87. The van der Waals surface area contributed by atoms with Crippen LogP contribution in [-0.4, -0.2) is 33.3 Å². The molecule has 6 nitrogen and oxygen atoms in total. The second-order valence-electron chi connectivity index (χ2n) is 7.17. The van der Waals surface area contributed by atoms with Gasteiger partial charge in [0.05, 0.1) is 11.8 Å². The van der Waals surface area contributed by atoms with E-state index in [1.165, 1.54) is 0 Å². The monoisotopic (exact) mass is 341 g/mol. The molecule has 2 aliphatic rings. The first-order valence-electron chi connectivity index (χ1n) is 9.06. The van der Waals surface area contributed by atoms with Crippen molar-refractivity contribution in [3.05, 3.63) is 47.1 Å². The third-order valence-electron chi connectivity index (χ3n) is 5.41. The number of amides is 1. The van der Waals surface area contributed by atoms with Crippen LogP contribution in [0.5, 0.6) is 0 Å². The molecule has 0 aromatic carbocycles. The van der Waals surface area contributed by atoms with Gasteiger partial charge in [0.2, 0.25) is 5.76 Å². The maximum atomic E-state index is 12.8. The normalized spacial score (nSPS) is 23.4. The van der Waals surface area contributed by atoms with E-state index in [1.54, 1.807) is 12.4 Å². The van der Waals surface area contributed by atoms with Crippen LogP contribution in [0.25, 0.3) is 0 Å². The number of fused-ring (bicyclic) bond motifs is 1. The van der Waals surface area contributed by atoms with Gasteiger partial charge in [0.15, 0.2) is 0 Å². The van der Waals surface area contributed by atoms with Crippen molar-refractivity contribution in [3.63, 3.8) is 0 Å². The van der Waals surface area contributed by atoms with Gasteiger partial charge >= 0.3 is 0 Å². The van der Waals surface area contributed by atoms with E-state index >= 15 is 0 Å². The molecule has 0 aliphatic heterocycles. The van der Waals surface area contributed by atoms with Crippen LogP contribution in [0, 0.1) is 5.92 Å². The van der Waals surface area contributed by atoms with Gasteiger partial charge in [-0.15, -0.1) is 0 Å². The molecule has 25 heavy (non-hydrogen) atoms. The minimum Gasteiger partial charge on any atom is -0.393 e. The summed E-state index contributed by atoms with van der Waals surface area (Å²) in [5, 5.41) is 16.9. The Labute approximate surface area is 146 Å². The molecule has 2 N–H and O–H groups in total. The van der Waals surface area contributed by atoms with Crippen molar-refractivity contribution >= 4 is 5.91 Å². The van der Waals surface area contributed by atoms with Gasteiger partial charge in [-0.05, 0) is 68.6 Å². The lowest BCUT2D eigenvalue weighted by molar-refractivity contribution is 0.0235. The minimum atomic E-state index is -0.250. The number of carbonyl (C=O) groups excluding carboxylic acids is 1. The highest BCUT2D eigenvalue weighted by atomic mass is 16.5. The number of aliphatic hydroxyl groups is 1. The third kappa shape index (κ3) is 3.44. The van der Waals surface area contributed by atoms with E-state index in [9.17, 15) is 9.90 Å². The zero-order valence-electron chi connectivity index (χ0n) is 14.1. The molecule has 0 spiro atoms. The Hall–Kier alpha value is -2.21. The van der Waals surface area contributed by atoms with Gasteiger partial charge in [0.25, 0.3) is 5.91 Å². The van der Waals surface area contributed by atoms with Crippen LogP contribution >= 0.6 is 0 Å². The summed E-state index contributed by atoms with van der Waals surface area (Å²) in [6.45, 7) is 0. The van der Waals surface area contributed by atoms with E-state index < -0.39 is 0 Å². The molecule has 132 valence electrons. The molecule has 4 rings (SSSR count). The summed E-state index contributed by atoms with van der Waals surface area (Å²) >= 11 is 0. The molecule has 1 fully saturated rings. The highest BCUT2D eigenvalue weighted by Gasteiger charge is 2.36. The van der Waals surface area contributed by atoms with Gasteiger partial charge in [-0.1, -0.05) is 5.16 Å². The molecule has 2 heterocycles. The second kappa shape index (κ2) is 6.96. The van der Waals surface area contributed by atoms with E-state index in [0.29, 0.717) is 5.76 Å². The molecule has 2 aromatic heterocycles. The van der Waals surface area contributed by atoms with Crippen molar-refractivity contribution in [3.8, 4) is 0 Å². The number of nitrogens with zero attached hydrogens (tertiary/aromatic N) is 2. The summed E-state index contributed by atoms with van der Waals surface area (Å²) in [5.41, 5.74) is 3.03.